The summed E-state index contributed by atoms with van der Waals surface area (Å²) in [5, 5.41) is 0.779. The average molecular weight is 426 g/mol. The molecule has 0 bridgehead atoms. The van der Waals surface area contributed by atoms with Crippen molar-refractivity contribution in [1.82, 2.24) is 14.2 Å². The monoisotopic (exact) mass is 425 g/mol. The van der Waals surface area contributed by atoms with Crippen LogP contribution in [0.3, 0.4) is 0 Å². The first-order valence-electron chi connectivity index (χ1n) is 8.51. The third-order valence-corrected chi connectivity index (χ3v) is 7.73. The number of hydrogen-bond donors (Lipinski definition) is 0. The van der Waals surface area contributed by atoms with Crippen LogP contribution in [-0.4, -0.2) is 59.9 Å². The van der Waals surface area contributed by atoms with Crippen molar-refractivity contribution >= 4 is 39.3 Å². The highest BCUT2D eigenvalue weighted by Crippen LogP contribution is 2.29. The third-order valence-electron chi connectivity index (χ3n) is 4.29. The molecule has 0 aliphatic carbocycles. The van der Waals surface area contributed by atoms with Gasteiger partial charge in [0.2, 0.25) is 15.9 Å². The Morgan fingerprint density at radius 3 is 2.41 bits per heavy atom. The molecule has 0 N–H and O–H groups in total. The van der Waals surface area contributed by atoms with Gasteiger partial charge in [0.1, 0.15) is 5.03 Å². The van der Waals surface area contributed by atoms with E-state index in [0.29, 0.717) is 23.1 Å². The van der Waals surface area contributed by atoms with E-state index in [9.17, 15) is 13.2 Å². The highest BCUT2D eigenvalue weighted by Gasteiger charge is 2.31. The molecular weight excluding hydrogens is 406 g/mol. The molecule has 1 aromatic carbocycles. The molecule has 27 heavy (non-hydrogen) atoms. The van der Waals surface area contributed by atoms with Crippen molar-refractivity contribution in [1.29, 1.82) is 0 Å². The topological polar surface area (TPSA) is 70.6 Å². The maximum atomic E-state index is 12.7. The van der Waals surface area contributed by atoms with Crippen LogP contribution < -0.4 is 0 Å². The molecule has 1 aliphatic rings. The summed E-state index contributed by atoms with van der Waals surface area (Å²) in [6.07, 6.45) is 1.64. The summed E-state index contributed by atoms with van der Waals surface area (Å²) in [6, 6.07) is 11.8. The van der Waals surface area contributed by atoms with E-state index >= 15 is 0 Å². The van der Waals surface area contributed by atoms with Gasteiger partial charge in [-0.05, 0) is 31.2 Å². The Hall–Kier alpha value is -1.61. The van der Waals surface area contributed by atoms with E-state index in [1.807, 2.05) is 6.92 Å². The highest BCUT2D eigenvalue weighted by atomic mass is 35.5. The van der Waals surface area contributed by atoms with Gasteiger partial charge in [-0.25, -0.2) is 13.4 Å². The molecule has 6 nitrogen and oxygen atoms in total. The van der Waals surface area contributed by atoms with Gasteiger partial charge in [-0.3, -0.25) is 4.79 Å². The Morgan fingerprint density at radius 2 is 1.78 bits per heavy atom. The standard InChI is InChI=1S/C18H20ClN3O3S2/c1-14(26-17-16(19)8-5-9-20-17)18(23)21-10-12-22(13-11-21)27(24,25)15-6-3-2-4-7-15/h2-9,14H,10-13H2,1H3. The molecule has 144 valence electrons. The van der Waals surface area contributed by atoms with Crippen LogP contribution in [0, 0.1) is 0 Å². The molecule has 1 aliphatic heterocycles. The number of sulfonamides is 1. The maximum absolute atomic E-state index is 12.7. The predicted octanol–water partition coefficient (Wildman–Crippen LogP) is 2.75. The number of thioether (sulfide) groups is 1. The summed E-state index contributed by atoms with van der Waals surface area (Å²) in [5.74, 6) is -0.0431. The van der Waals surface area contributed by atoms with E-state index in [0.717, 1.165) is 0 Å². The summed E-state index contributed by atoms with van der Waals surface area (Å²) in [7, 11) is -3.52. The maximum Gasteiger partial charge on any atom is 0.243 e. The van der Waals surface area contributed by atoms with Crippen LogP contribution >= 0.6 is 23.4 Å². The number of hydrogen-bond acceptors (Lipinski definition) is 5. The van der Waals surface area contributed by atoms with Crippen molar-refractivity contribution in [2.24, 2.45) is 0 Å². The van der Waals surface area contributed by atoms with Crippen LogP contribution in [0.5, 0.6) is 0 Å². The van der Waals surface area contributed by atoms with Crippen LogP contribution in [0.15, 0.2) is 58.6 Å². The lowest BCUT2D eigenvalue weighted by atomic mass is 10.3. The van der Waals surface area contributed by atoms with E-state index in [1.54, 1.807) is 53.6 Å². The van der Waals surface area contributed by atoms with Crippen LogP contribution in [0.2, 0.25) is 5.02 Å². The molecule has 2 heterocycles. The number of nitrogens with zero attached hydrogens (tertiary/aromatic N) is 3. The van der Waals surface area contributed by atoms with Crippen molar-refractivity contribution in [3.63, 3.8) is 0 Å². The second-order valence-electron chi connectivity index (χ2n) is 6.09. The highest BCUT2D eigenvalue weighted by molar-refractivity contribution is 8.00. The zero-order valence-corrected chi connectivity index (χ0v) is 17.2. The molecule has 2 aromatic rings. The number of aromatic nitrogens is 1. The fraction of sp³-hybridized carbons (Fsp3) is 0.333. The molecular formula is C18H20ClN3O3S2. The molecule has 9 heteroatoms. The van der Waals surface area contributed by atoms with Gasteiger partial charge in [-0.15, -0.1) is 0 Å². The second kappa shape index (κ2) is 8.60. The molecule has 1 fully saturated rings. The van der Waals surface area contributed by atoms with Crippen LogP contribution in [0.4, 0.5) is 0 Å². The fourth-order valence-electron chi connectivity index (χ4n) is 2.82. The molecule has 3 rings (SSSR count). The first-order chi connectivity index (χ1) is 12.9. The number of amides is 1. The normalized spacial score (nSPS) is 16.9. The number of halogens is 1. The minimum atomic E-state index is -3.52. The number of piperazine rings is 1. The Labute approximate surface area is 168 Å². The predicted molar refractivity (Wildman–Crippen MR) is 106 cm³/mol. The van der Waals surface area contributed by atoms with Gasteiger partial charge in [-0.1, -0.05) is 41.6 Å². The molecule has 0 saturated carbocycles. The van der Waals surface area contributed by atoms with Crippen LogP contribution in [-0.2, 0) is 14.8 Å². The Morgan fingerprint density at radius 1 is 1.11 bits per heavy atom. The molecule has 0 radical (unpaired) electrons. The summed E-state index contributed by atoms with van der Waals surface area (Å²) >= 11 is 7.41. The SMILES string of the molecule is CC(Sc1ncccc1Cl)C(=O)N1CCN(S(=O)(=O)c2ccccc2)CC1. The average Bonchev–Trinajstić information content (AvgIpc) is 2.70. The minimum absolute atomic E-state index is 0.0431. The lowest BCUT2D eigenvalue weighted by Gasteiger charge is -2.35. The third kappa shape index (κ3) is 4.63. The molecule has 1 aromatic heterocycles. The van der Waals surface area contributed by atoms with Gasteiger partial charge in [0.15, 0.2) is 0 Å². The van der Waals surface area contributed by atoms with E-state index in [-0.39, 0.29) is 29.1 Å². The number of carbonyl (C=O) groups excluding carboxylic acids is 1. The summed E-state index contributed by atoms with van der Waals surface area (Å²) < 4.78 is 26.8. The number of rotatable bonds is 5. The Kier molecular flexibility index (Phi) is 6.41. The number of benzene rings is 1. The zero-order chi connectivity index (χ0) is 19.4. The fourth-order valence-corrected chi connectivity index (χ4v) is 5.41. The van der Waals surface area contributed by atoms with E-state index in [2.05, 4.69) is 4.98 Å². The van der Waals surface area contributed by atoms with Gasteiger partial charge in [0, 0.05) is 32.4 Å². The second-order valence-corrected chi connectivity index (χ2v) is 9.77. The first-order valence-corrected chi connectivity index (χ1v) is 11.2. The van der Waals surface area contributed by atoms with Crippen molar-refractivity contribution in [2.75, 3.05) is 26.2 Å². The zero-order valence-electron chi connectivity index (χ0n) is 14.8. The molecule has 1 amide bonds. The van der Waals surface area contributed by atoms with Crippen LogP contribution in [0.1, 0.15) is 6.92 Å². The van der Waals surface area contributed by atoms with E-state index in [4.69, 9.17) is 11.6 Å². The molecule has 1 unspecified atom stereocenters. The number of pyridine rings is 1. The van der Waals surface area contributed by atoms with Gasteiger partial charge in [0.05, 0.1) is 15.2 Å². The quantitative estimate of drug-likeness (QED) is 0.689. The Balaban J connectivity index is 1.60. The minimum Gasteiger partial charge on any atom is -0.339 e. The van der Waals surface area contributed by atoms with Gasteiger partial charge in [-0.2, -0.15) is 4.31 Å². The smallest absolute Gasteiger partial charge is 0.243 e. The van der Waals surface area contributed by atoms with Crippen molar-refractivity contribution in [2.45, 2.75) is 22.1 Å². The van der Waals surface area contributed by atoms with Crippen molar-refractivity contribution in [3.8, 4) is 0 Å². The van der Waals surface area contributed by atoms with Crippen molar-refractivity contribution in [3.05, 3.63) is 53.7 Å². The number of carbonyl (C=O) groups is 1. The van der Waals surface area contributed by atoms with E-state index in [1.165, 1.54) is 16.1 Å². The largest absolute Gasteiger partial charge is 0.339 e. The molecule has 1 atom stereocenters. The van der Waals surface area contributed by atoms with Gasteiger partial charge in [0.25, 0.3) is 0 Å². The molecule has 1 saturated heterocycles. The van der Waals surface area contributed by atoms with Crippen LogP contribution in [0.25, 0.3) is 0 Å². The summed E-state index contributed by atoms with van der Waals surface area (Å²) in [5.41, 5.74) is 0. The lowest BCUT2D eigenvalue weighted by Crippen LogP contribution is -2.52. The van der Waals surface area contributed by atoms with E-state index < -0.39 is 10.0 Å². The lowest BCUT2D eigenvalue weighted by molar-refractivity contribution is -0.131. The van der Waals surface area contributed by atoms with Crippen molar-refractivity contribution < 1.29 is 13.2 Å². The summed E-state index contributed by atoms with van der Waals surface area (Å²) in [6.45, 7) is 3.11. The van der Waals surface area contributed by atoms with Gasteiger partial charge < -0.3 is 4.90 Å². The summed E-state index contributed by atoms with van der Waals surface area (Å²) in [4.78, 5) is 18.9. The van der Waals surface area contributed by atoms with Gasteiger partial charge >= 0.3 is 0 Å². The first kappa shape index (κ1) is 20.1. The molecule has 0 spiro atoms. The Bertz CT molecular complexity index is 901.